The number of aromatic nitrogens is 1. The molecule has 0 aliphatic carbocycles. The third-order valence-electron chi connectivity index (χ3n) is 3.28. The topological polar surface area (TPSA) is 51.6 Å². The van der Waals surface area contributed by atoms with Crippen molar-refractivity contribution in [3.05, 3.63) is 60.3 Å². The van der Waals surface area contributed by atoms with Crippen molar-refractivity contribution in [1.82, 2.24) is 4.98 Å². The quantitative estimate of drug-likeness (QED) is 0.795. The third kappa shape index (κ3) is 2.66. The van der Waals surface area contributed by atoms with Crippen LogP contribution in [0.2, 0.25) is 0 Å². The minimum absolute atomic E-state index is 0.0746. The lowest BCUT2D eigenvalue weighted by molar-refractivity contribution is 0.276. The molecule has 3 rings (SSSR count). The first-order valence-electron chi connectivity index (χ1n) is 6.61. The maximum Gasteiger partial charge on any atom is 0.227 e. The summed E-state index contributed by atoms with van der Waals surface area (Å²) in [6.07, 6.45) is 1.69. The molecule has 3 aromatic rings. The molecule has 0 saturated carbocycles. The van der Waals surface area contributed by atoms with Crippen molar-refractivity contribution in [2.24, 2.45) is 0 Å². The van der Waals surface area contributed by atoms with Gasteiger partial charge in [0, 0.05) is 17.1 Å². The van der Waals surface area contributed by atoms with E-state index < -0.39 is 0 Å². The van der Waals surface area contributed by atoms with Gasteiger partial charge in [0.1, 0.15) is 11.5 Å². The molecule has 1 heterocycles. The molecule has 0 amide bonds. The molecule has 1 N–H and O–H groups in total. The van der Waals surface area contributed by atoms with E-state index in [0.717, 1.165) is 22.1 Å². The van der Waals surface area contributed by atoms with Crippen LogP contribution in [0.15, 0.2) is 54.7 Å². The van der Waals surface area contributed by atoms with E-state index in [1.54, 1.807) is 13.3 Å². The summed E-state index contributed by atoms with van der Waals surface area (Å²) in [7, 11) is 1.64. The Balaban J connectivity index is 2.04. The van der Waals surface area contributed by atoms with Crippen molar-refractivity contribution in [2.45, 2.75) is 6.61 Å². The Labute approximate surface area is 122 Å². The molecule has 0 spiro atoms. The average Bonchev–Trinajstić information content (AvgIpc) is 2.55. The van der Waals surface area contributed by atoms with Gasteiger partial charge in [0.15, 0.2) is 0 Å². The average molecular weight is 281 g/mol. The molecule has 0 saturated heterocycles. The monoisotopic (exact) mass is 281 g/mol. The highest BCUT2D eigenvalue weighted by Crippen LogP contribution is 2.31. The van der Waals surface area contributed by atoms with E-state index in [1.807, 2.05) is 48.5 Å². The van der Waals surface area contributed by atoms with Gasteiger partial charge in [-0.05, 0) is 35.7 Å². The Morgan fingerprint density at radius 2 is 1.95 bits per heavy atom. The molecule has 2 aromatic carbocycles. The van der Waals surface area contributed by atoms with Crippen molar-refractivity contribution in [2.75, 3.05) is 7.11 Å². The number of methoxy groups -OCH3 is 1. The second kappa shape index (κ2) is 5.81. The number of fused-ring (bicyclic) bond motifs is 1. The SMILES string of the molecule is COc1ccc2c(Oc3ccccc3CO)nccc2c1. The highest BCUT2D eigenvalue weighted by atomic mass is 16.5. The lowest BCUT2D eigenvalue weighted by Crippen LogP contribution is -1.94. The molecule has 0 atom stereocenters. The van der Waals surface area contributed by atoms with Crippen LogP contribution in [0.4, 0.5) is 0 Å². The number of hydrogen-bond donors (Lipinski definition) is 1. The van der Waals surface area contributed by atoms with Crippen LogP contribution in [-0.2, 0) is 6.61 Å². The van der Waals surface area contributed by atoms with Gasteiger partial charge in [-0.15, -0.1) is 0 Å². The van der Waals surface area contributed by atoms with Gasteiger partial charge < -0.3 is 14.6 Å². The number of aliphatic hydroxyl groups is 1. The van der Waals surface area contributed by atoms with E-state index in [9.17, 15) is 5.11 Å². The van der Waals surface area contributed by atoms with E-state index in [1.165, 1.54) is 0 Å². The molecule has 0 aliphatic heterocycles. The van der Waals surface area contributed by atoms with Crippen LogP contribution >= 0.6 is 0 Å². The summed E-state index contributed by atoms with van der Waals surface area (Å²) >= 11 is 0. The van der Waals surface area contributed by atoms with E-state index in [2.05, 4.69) is 4.98 Å². The Hall–Kier alpha value is -2.59. The summed E-state index contributed by atoms with van der Waals surface area (Å²) in [5, 5.41) is 11.2. The minimum Gasteiger partial charge on any atom is -0.497 e. The number of hydrogen-bond acceptors (Lipinski definition) is 4. The van der Waals surface area contributed by atoms with E-state index in [0.29, 0.717) is 11.6 Å². The molecule has 0 aliphatic rings. The smallest absolute Gasteiger partial charge is 0.227 e. The predicted molar refractivity (Wildman–Crippen MR) is 80.7 cm³/mol. The highest BCUT2D eigenvalue weighted by Gasteiger charge is 2.08. The van der Waals surface area contributed by atoms with Gasteiger partial charge in [0.25, 0.3) is 0 Å². The van der Waals surface area contributed by atoms with Crippen LogP contribution in [0.3, 0.4) is 0 Å². The molecule has 0 fully saturated rings. The van der Waals surface area contributed by atoms with E-state index >= 15 is 0 Å². The van der Waals surface area contributed by atoms with Crippen LogP contribution in [0.25, 0.3) is 10.8 Å². The summed E-state index contributed by atoms with van der Waals surface area (Å²) in [4.78, 5) is 4.29. The van der Waals surface area contributed by atoms with Crippen LogP contribution in [0.5, 0.6) is 17.4 Å². The van der Waals surface area contributed by atoms with Crippen molar-refractivity contribution in [1.29, 1.82) is 0 Å². The fourth-order valence-corrected chi connectivity index (χ4v) is 2.17. The molecule has 106 valence electrons. The Bertz CT molecular complexity index is 771. The van der Waals surface area contributed by atoms with Crippen LogP contribution in [-0.4, -0.2) is 17.2 Å². The van der Waals surface area contributed by atoms with Crippen molar-refractivity contribution < 1.29 is 14.6 Å². The van der Waals surface area contributed by atoms with Crippen molar-refractivity contribution >= 4 is 10.8 Å². The predicted octanol–water partition coefficient (Wildman–Crippen LogP) is 3.53. The molecule has 0 unspecified atom stereocenters. The van der Waals surface area contributed by atoms with E-state index in [-0.39, 0.29) is 6.61 Å². The lowest BCUT2D eigenvalue weighted by atomic mass is 10.1. The summed E-state index contributed by atoms with van der Waals surface area (Å²) in [6.45, 7) is -0.0746. The number of ether oxygens (including phenoxy) is 2. The molecule has 0 radical (unpaired) electrons. The normalized spacial score (nSPS) is 10.6. The Kier molecular flexibility index (Phi) is 3.71. The van der Waals surface area contributed by atoms with Gasteiger partial charge in [-0.1, -0.05) is 18.2 Å². The van der Waals surface area contributed by atoms with Gasteiger partial charge >= 0.3 is 0 Å². The molecular formula is C17H15NO3. The second-order valence-electron chi connectivity index (χ2n) is 4.57. The minimum atomic E-state index is -0.0746. The van der Waals surface area contributed by atoms with Crippen molar-refractivity contribution in [3.8, 4) is 17.4 Å². The van der Waals surface area contributed by atoms with Gasteiger partial charge in [-0.25, -0.2) is 4.98 Å². The second-order valence-corrected chi connectivity index (χ2v) is 4.57. The number of rotatable bonds is 4. The summed E-state index contributed by atoms with van der Waals surface area (Å²) in [5.41, 5.74) is 0.727. The Morgan fingerprint density at radius 3 is 2.76 bits per heavy atom. The zero-order chi connectivity index (χ0) is 14.7. The maximum absolute atomic E-state index is 9.36. The lowest BCUT2D eigenvalue weighted by Gasteiger charge is -2.11. The zero-order valence-electron chi connectivity index (χ0n) is 11.6. The van der Waals surface area contributed by atoms with Crippen LogP contribution < -0.4 is 9.47 Å². The zero-order valence-corrected chi connectivity index (χ0v) is 11.6. The largest absolute Gasteiger partial charge is 0.497 e. The Morgan fingerprint density at radius 1 is 1.10 bits per heavy atom. The fourth-order valence-electron chi connectivity index (χ4n) is 2.17. The van der Waals surface area contributed by atoms with E-state index in [4.69, 9.17) is 9.47 Å². The summed E-state index contributed by atoms with van der Waals surface area (Å²) < 4.78 is 11.1. The van der Waals surface area contributed by atoms with Gasteiger partial charge in [-0.2, -0.15) is 0 Å². The molecule has 4 heteroatoms. The molecule has 4 nitrogen and oxygen atoms in total. The molecule has 21 heavy (non-hydrogen) atoms. The van der Waals surface area contributed by atoms with Crippen molar-refractivity contribution in [3.63, 3.8) is 0 Å². The van der Waals surface area contributed by atoms with Crippen LogP contribution in [0, 0.1) is 0 Å². The fraction of sp³-hybridized carbons (Fsp3) is 0.118. The number of para-hydroxylation sites is 1. The first-order valence-corrected chi connectivity index (χ1v) is 6.61. The summed E-state index contributed by atoms with van der Waals surface area (Å²) in [5.74, 6) is 1.90. The third-order valence-corrected chi connectivity index (χ3v) is 3.28. The molecule has 0 bridgehead atoms. The number of nitrogens with zero attached hydrogens (tertiary/aromatic N) is 1. The van der Waals surface area contributed by atoms with Gasteiger partial charge in [0.2, 0.25) is 5.88 Å². The van der Waals surface area contributed by atoms with Gasteiger partial charge in [0.05, 0.1) is 13.7 Å². The first-order chi connectivity index (χ1) is 10.3. The number of pyridine rings is 1. The molecule has 1 aromatic heterocycles. The highest BCUT2D eigenvalue weighted by molar-refractivity contribution is 5.88. The molecular weight excluding hydrogens is 266 g/mol. The number of benzene rings is 2. The number of aliphatic hydroxyl groups excluding tert-OH is 1. The standard InChI is InChI=1S/C17H15NO3/c1-20-14-6-7-15-12(10-14)8-9-18-17(15)21-16-5-3-2-4-13(16)11-19/h2-10,19H,11H2,1H3. The summed E-state index contributed by atoms with van der Waals surface area (Å²) in [6, 6.07) is 15.0. The van der Waals surface area contributed by atoms with Crippen LogP contribution in [0.1, 0.15) is 5.56 Å². The first kappa shape index (κ1) is 13.4. The maximum atomic E-state index is 9.36. The van der Waals surface area contributed by atoms with Gasteiger partial charge in [-0.3, -0.25) is 0 Å².